The maximum Gasteiger partial charge on any atom is 0.243 e. The van der Waals surface area contributed by atoms with E-state index in [0.717, 1.165) is 12.1 Å². The van der Waals surface area contributed by atoms with Crippen molar-refractivity contribution in [2.75, 3.05) is 20.3 Å². The molecule has 1 aromatic carbocycles. The molecular weight excluding hydrogens is 285 g/mol. The van der Waals surface area contributed by atoms with Gasteiger partial charge in [-0.3, -0.25) is 0 Å². The second-order valence-corrected chi connectivity index (χ2v) is 6.31. The highest BCUT2D eigenvalue weighted by Crippen LogP contribution is 2.21. The zero-order valence-corrected chi connectivity index (χ0v) is 12.7. The van der Waals surface area contributed by atoms with Gasteiger partial charge in [0.1, 0.15) is 5.82 Å². The summed E-state index contributed by atoms with van der Waals surface area (Å²) in [5, 5.41) is 9.03. The Hall–Kier alpha value is -1.02. The topological polar surface area (TPSA) is 66.8 Å². The molecule has 1 aromatic rings. The molecule has 7 heteroatoms. The molecule has 0 aliphatic carbocycles. The van der Waals surface area contributed by atoms with Crippen LogP contribution >= 0.6 is 0 Å². The lowest BCUT2D eigenvalue weighted by molar-refractivity contribution is 0.142. The van der Waals surface area contributed by atoms with Crippen molar-refractivity contribution in [3.63, 3.8) is 0 Å². The maximum atomic E-state index is 13.3. The molecule has 0 saturated carbocycles. The highest BCUT2D eigenvalue weighted by atomic mass is 32.2. The van der Waals surface area contributed by atoms with Gasteiger partial charge in [-0.15, -0.1) is 0 Å². The summed E-state index contributed by atoms with van der Waals surface area (Å²) in [6, 6.07) is 3.07. The van der Waals surface area contributed by atoms with Gasteiger partial charge in [-0.1, -0.05) is 6.92 Å². The summed E-state index contributed by atoms with van der Waals surface area (Å²) in [5.74, 6) is -0.626. The minimum atomic E-state index is -3.75. The number of nitrogens with zero attached hydrogens (tertiary/aromatic N) is 1. The number of benzene rings is 1. The molecule has 0 saturated heterocycles. The first-order chi connectivity index (χ1) is 9.38. The van der Waals surface area contributed by atoms with E-state index in [-0.39, 0.29) is 29.7 Å². The number of hydrogen-bond donors (Lipinski definition) is 1. The van der Waals surface area contributed by atoms with E-state index < -0.39 is 22.4 Å². The first kappa shape index (κ1) is 17.0. The Morgan fingerprint density at radius 3 is 2.60 bits per heavy atom. The second kappa shape index (κ2) is 7.12. The fourth-order valence-corrected chi connectivity index (χ4v) is 3.69. The van der Waals surface area contributed by atoms with Crippen molar-refractivity contribution in [1.29, 1.82) is 0 Å². The van der Waals surface area contributed by atoms with Crippen molar-refractivity contribution in [1.82, 2.24) is 4.31 Å². The van der Waals surface area contributed by atoms with Crippen molar-refractivity contribution in [3.8, 4) is 0 Å². The van der Waals surface area contributed by atoms with Crippen LogP contribution in [0.2, 0.25) is 0 Å². The van der Waals surface area contributed by atoms with Gasteiger partial charge in [0.15, 0.2) is 0 Å². The number of ether oxygens (including phenoxy) is 1. The van der Waals surface area contributed by atoms with Gasteiger partial charge in [0.2, 0.25) is 10.0 Å². The fourth-order valence-electron chi connectivity index (χ4n) is 2.01. The molecule has 1 atom stereocenters. The SMILES string of the molecule is CCN(C(C)COC)S(=O)(=O)c1ccc(F)c(CO)c1. The number of rotatable bonds is 7. The standard InChI is InChI=1S/C13H20FNO4S/c1-4-15(10(2)9-19-3)20(17,18)12-5-6-13(14)11(7-12)8-16/h5-7,10,16H,4,8-9H2,1-3H3. The van der Waals surface area contributed by atoms with Crippen molar-refractivity contribution in [2.24, 2.45) is 0 Å². The van der Waals surface area contributed by atoms with Gasteiger partial charge in [0.25, 0.3) is 0 Å². The van der Waals surface area contributed by atoms with E-state index in [9.17, 15) is 12.8 Å². The van der Waals surface area contributed by atoms with Crippen LogP contribution in [0.1, 0.15) is 19.4 Å². The molecule has 1 unspecified atom stereocenters. The molecule has 20 heavy (non-hydrogen) atoms. The summed E-state index contributed by atoms with van der Waals surface area (Å²) in [7, 11) is -2.25. The highest BCUT2D eigenvalue weighted by Gasteiger charge is 2.28. The summed E-state index contributed by atoms with van der Waals surface area (Å²) in [4.78, 5) is -0.0345. The zero-order valence-electron chi connectivity index (χ0n) is 11.8. The van der Waals surface area contributed by atoms with Crippen molar-refractivity contribution >= 4 is 10.0 Å². The van der Waals surface area contributed by atoms with Gasteiger partial charge < -0.3 is 9.84 Å². The van der Waals surface area contributed by atoms with Crippen LogP contribution in [-0.2, 0) is 21.4 Å². The maximum absolute atomic E-state index is 13.3. The van der Waals surface area contributed by atoms with Gasteiger partial charge >= 0.3 is 0 Å². The lowest BCUT2D eigenvalue weighted by Crippen LogP contribution is -2.40. The van der Waals surface area contributed by atoms with E-state index in [1.54, 1.807) is 13.8 Å². The smallest absolute Gasteiger partial charge is 0.243 e. The predicted molar refractivity (Wildman–Crippen MR) is 73.2 cm³/mol. The summed E-state index contributed by atoms with van der Waals surface area (Å²) in [6.07, 6.45) is 0. The molecule has 0 heterocycles. The lowest BCUT2D eigenvalue weighted by Gasteiger charge is -2.26. The Morgan fingerprint density at radius 1 is 1.45 bits per heavy atom. The van der Waals surface area contributed by atoms with E-state index >= 15 is 0 Å². The Balaban J connectivity index is 3.20. The molecule has 0 aromatic heterocycles. The molecule has 1 N–H and O–H groups in total. The van der Waals surface area contributed by atoms with Crippen LogP contribution < -0.4 is 0 Å². The molecule has 0 aliphatic heterocycles. The third kappa shape index (κ3) is 3.54. The number of likely N-dealkylation sites (N-methyl/N-ethyl adjacent to an activating group) is 1. The number of hydrogen-bond acceptors (Lipinski definition) is 4. The highest BCUT2D eigenvalue weighted by molar-refractivity contribution is 7.89. The van der Waals surface area contributed by atoms with Crippen LogP contribution in [0.3, 0.4) is 0 Å². The lowest BCUT2D eigenvalue weighted by atomic mass is 10.2. The molecule has 0 radical (unpaired) electrons. The third-order valence-electron chi connectivity index (χ3n) is 3.01. The van der Waals surface area contributed by atoms with Crippen molar-refractivity contribution in [3.05, 3.63) is 29.6 Å². The molecule has 1 rings (SSSR count). The van der Waals surface area contributed by atoms with E-state index in [1.807, 2.05) is 0 Å². The van der Waals surface area contributed by atoms with E-state index in [0.29, 0.717) is 0 Å². The molecule has 0 bridgehead atoms. The summed E-state index contributed by atoms with van der Waals surface area (Å²) in [5.41, 5.74) is -0.0403. The van der Waals surface area contributed by atoms with Crippen LogP contribution in [-0.4, -0.2) is 44.1 Å². The van der Waals surface area contributed by atoms with Gasteiger partial charge in [0.05, 0.1) is 18.1 Å². The van der Waals surface area contributed by atoms with Crippen LogP contribution in [0.4, 0.5) is 4.39 Å². The molecule has 0 aliphatic rings. The van der Waals surface area contributed by atoms with Crippen LogP contribution in [0, 0.1) is 5.82 Å². The Morgan fingerprint density at radius 2 is 2.10 bits per heavy atom. The van der Waals surface area contributed by atoms with Crippen molar-refractivity contribution in [2.45, 2.75) is 31.4 Å². The minimum absolute atomic E-state index is 0.0345. The number of methoxy groups -OCH3 is 1. The average Bonchev–Trinajstić information content (AvgIpc) is 2.39. The van der Waals surface area contributed by atoms with E-state index in [4.69, 9.17) is 9.84 Å². The van der Waals surface area contributed by atoms with Gasteiger partial charge in [0, 0.05) is 25.3 Å². The van der Waals surface area contributed by atoms with Gasteiger partial charge in [-0.25, -0.2) is 12.8 Å². The third-order valence-corrected chi connectivity index (χ3v) is 5.09. The number of sulfonamides is 1. The Bertz CT molecular complexity index is 547. The van der Waals surface area contributed by atoms with Crippen molar-refractivity contribution < 1.29 is 22.7 Å². The Kier molecular flexibility index (Phi) is 6.07. The van der Waals surface area contributed by atoms with Crippen LogP contribution in [0.5, 0.6) is 0 Å². The fraction of sp³-hybridized carbons (Fsp3) is 0.538. The first-order valence-corrected chi connectivity index (χ1v) is 7.72. The minimum Gasteiger partial charge on any atom is -0.392 e. The van der Waals surface area contributed by atoms with Gasteiger partial charge in [-0.05, 0) is 25.1 Å². The molecule has 0 fully saturated rings. The molecule has 5 nitrogen and oxygen atoms in total. The zero-order chi connectivity index (χ0) is 15.3. The van der Waals surface area contributed by atoms with E-state index in [1.165, 1.54) is 17.5 Å². The second-order valence-electron chi connectivity index (χ2n) is 4.42. The Labute approximate surface area is 119 Å². The summed E-state index contributed by atoms with van der Waals surface area (Å²) < 4.78 is 44.6. The van der Waals surface area contributed by atoms with Crippen LogP contribution in [0.15, 0.2) is 23.1 Å². The predicted octanol–water partition coefficient (Wildman–Crippen LogP) is 1.36. The average molecular weight is 305 g/mol. The monoisotopic (exact) mass is 305 g/mol. The van der Waals surface area contributed by atoms with E-state index in [2.05, 4.69) is 0 Å². The quantitative estimate of drug-likeness (QED) is 0.826. The summed E-state index contributed by atoms with van der Waals surface area (Å²) in [6.45, 7) is 3.45. The van der Waals surface area contributed by atoms with Gasteiger partial charge in [-0.2, -0.15) is 4.31 Å². The molecule has 0 amide bonds. The largest absolute Gasteiger partial charge is 0.392 e. The molecule has 114 valence electrons. The number of aliphatic hydroxyl groups is 1. The molecular formula is C13H20FNO4S. The van der Waals surface area contributed by atoms with Crippen LogP contribution in [0.25, 0.3) is 0 Å². The number of aliphatic hydroxyl groups excluding tert-OH is 1. The normalized spacial score (nSPS) is 13.7. The molecule has 0 spiro atoms. The first-order valence-electron chi connectivity index (χ1n) is 6.28. The number of halogens is 1. The summed E-state index contributed by atoms with van der Waals surface area (Å²) >= 11 is 0.